The Balaban J connectivity index is 2.00. The summed E-state index contributed by atoms with van der Waals surface area (Å²) < 4.78 is 5.54. The highest BCUT2D eigenvalue weighted by Gasteiger charge is 2.29. The number of phenolic OH excluding ortho intramolecular Hbond substituents is 1. The van der Waals surface area contributed by atoms with Crippen molar-refractivity contribution in [3.05, 3.63) is 56.5 Å². The fourth-order valence-electron chi connectivity index (χ4n) is 2.67. The molecule has 0 aliphatic carbocycles. The van der Waals surface area contributed by atoms with Gasteiger partial charge in [-0.2, -0.15) is 10.1 Å². The maximum atomic E-state index is 12.9. The molecule has 0 radical (unpaired) electrons. The second-order valence-electron chi connectivity index (χ2n) is 5.88. The van der Waals surface area contributed by atoms with Gasteiger partial charge in [-0.05, 0) is 64.8 Å². The predicted molar refractivity (Wildman–Crippen MR) is 109 cm³/mol. The number of hydrazone groups is 1. The molecule has 2 aromatic carbocycles. The second kappa shape index (κ2) is 7.65. The average Bonchev–Trinajstić information content (AvgIpc) is 2.92. The number of carboxylic acids is 1. The number of ether oxygens (including phenoxy) is 1. The van der Waals surface area contributed by atoms with Gasteiger partial charge in [-0.3, -0.25) is 4.79 Å². The highest BCUT2D eigenvalue weighted by Crippen LogP contribution is 2.36. The molecule has 7 nitrogen and oxygen atoms in total. The fraction of sp³-hybridized carbons (Fsp3) is 0.105. The summed E-state index contributed by atoms with van der Waals surface area (Å²) in [4.78, 5) is 24.2. The molecule has 0 aromatic heterocycles. The van der Waals surface area contributed by atoms with E-state index in [1.807, 2.05) is 0 Å². The van der Waals surface area contributed by atoms with E-state index in [1.165, 1.54) is 25.3 Å². The van der Waals surface area contributed by atoms with Gasteiger partial charge in [0.15, 0.2) is 11.5 Å². The van der Waals surface area contributed by atoms with Crippen LogP contribution >= 0.6 is 27.5 Å². The summed E-state index contributed by atoms with van der Waals surface area (Å²) in [7, 11) is 1.42. The van der Waals surface area contributed by atoms with Crippen LogP contribution in [0.1, 0.15) is 22.8 Å². The number of carbonyl (C=O) groups excluding carboxylic acids is 1. The molecule has 0 atom stereocenters. The number of aromatic carboxylic acids is 1. The van der Waals surface area contributed by atoms with E-state index in [-0.39, 0.29) is 22.1 Å². The smallest absolute Gasteiger partial charge is 0.337 e. The molecular formula is C19H14BrClN2O5. The molecule has 1 heterocycles. The predicted octanol–water partition coefficient (Wildman–Crippen LogP) is 4.32. The van der Waals surface area contributed by atoms with E-state index >= 15 is 0 Å². The molecule has 1 aliphatic rings. The number of phenols is 1. The first-order chi connectivity index (χ1) is 13.2. The Morgan fingerprint density at radius 1 is 1.32 bits per heavy atom. The molecule has 9 heteroatoms. The molecule has 0 spiro atoms. The third-order valence-corrected chi connectivity index (χ3v) is 5.00. The van der Waals surface area contributed by atoms with Gasteiger partial charge in [0.2, 0.25) is 0 Å². The van der Waals surface area contributed by atoms with Gasteiger partial charge in [0.05, 0.1) is 39.1 Å². The minimum Gasteiger partial charge on any atom is -0.503 e. The standard InChI is InChI=1S/C19H14BrClN2O5/c1-9-12(5-10-6-14(20)17(24)16(7-10)28-2)18(25)23(22-9)11-3-4-15(21)13(8-11)19(26)27/h3-8,24H,1-2H3,(H,26,27). The molecule has 2 N–H and O–H groups in total. The minimum absolute atomic E-state index is 0.0446. The Hall–Kier alpha value is -2.84. The Morgan fingerprint density at radius 2 is 2.04 bits per heavy atom. The van der Waals surface area contributed by atoms with E-state index in [0.29, 0.717) is 27.0 Å². The van der Waals surface area contributed by atoms with Crippen LogP contribution in [0.3, 0.4) is 0 Å². The van der Waals surface area contributed by atoms with Crippen molar-refractivity contribution in [3.63, 3.8) is 0 Å². The van der Waals surface area contributed by atoms with Crippen molar-refractivity contribution in [2.45, 2.75) is 6.92 Å². The Kier molecular flexibility index (Phi) is 5.44. The van der Waals surface area contributed by atoms with Crippen molar-refractivity contribution in [1.29, 1.82) is 0 Å². The molecule has 2 aromatic rings. The molecular weight excluding hydrogens is 452 g/mol. The fourth-order valence-corrected chi connectivity index (χ4v) is 3.33. The van der Waals surface area contributed by atoms with Crippen molar-refractivity contribution < 1.29 is 24.5 Å². The van der Waals surface area contributed by atoms with Crippen molar-refractivity contribution in [2.75, 3.05) is 12.1 Å². The van der Waals surface area contributed by atoms with E-state index in [0.717, 1.165) is 5.01 Å². The lowest BCUT2D eigenvalue weighted by Gasteiger charge is -2.13. The van der Waals surface area contributed by atoms with Crippen LogP contribution in [0.2, 0.25) is 5.02 Å². The summed E-state index contributed by atoms with van der Waals surface area (Å²) in [6.45, 7) is 1.67. The molecule has 0 saturated heterocycles. The van der Waals surface area contributed by atoms with E-state index in [9.17, 15) is 19.8 Å². The number of hydrogen-bond donors (Lipinski definition) is 2. The second-order valence-corrected chi connectivity index (χ2v) is 7.14. The molecule has 144 valence electrons. The number of nitrogens with zero attached hydrogens (tertiary/aromatic N) is 2. The largest absolute Gasteiger partial charge is 0.503 e. The van der Waals surface area contributed by atoms with Crippen molar-refractivity contribution in [2.24, 2.45) is 5.10 Å². The number of aromatic hydroxyl groups is 1. The van der Waals surface area contributed by atoms with Gasteiger partial charge in [-0.1, -0.05) is 11.6 Å². The van der Waals surface area contributed by atoms with Crippen LogP contribution in [-0.4, -0.2) is 34.9 Å². The average molecular weight is 466 g/mol. The molecule has 1 aliphatic heterocycles. The van der Waals surface area contributed by atoms with E-state index in [1.54, 1.807) is 25.1 Å². The third-order valence-electron chi connectivity index (χ3n) is 4.07. The van der Waals surface area contributed by atoms with Gasteiger partial charge in [0.25, 0.3) is 5.91 Å². The zero-order chi connectivity index (χ0) is 20.6. The first-order valence-electron chi connectivity index (χ1n) is 7.94. The molecule has 28 heavy (non-hydrogen) atoms. The third kappa shape index (κ3) is 3.61. The SMILES string of the molecule is COc1cc(C=C2C(=O)N(c3ccc(Cl)c(C(=O)O)c3)N=C2C)cc(Br)c1O. The van der Waals surface area contributed by atoms with E-state index < -0.39 is 11.9 Å². The number of carboxylic acid groups (broad SMARTS) is 1. The molecule has 0 unspecified atom stereocenters. The topological polar surface area (TPSA) is 99.4 Å². The van der Waals surface area contributed by atoms with Crippen LogP contribution in [0.25, 0.3) is 6.08 Å². The Labute approximate surface area is 173 Å². The molecule has 0 bridgehead atoms. The Bertz CT molecular complexity index is 1060. The lowest BCUT2D eigenvalue weighted by molar-refractivity contribution is -0.114. The molecule has 0 saturated carbocycles. The quantitative estimate of drug-likeness (QED) is 0.655. The van der Waals surface area contributed by atoms with E-state index in [2.05, 4.69) is 21.0 Å². The van der Waals surface area contributed by atoms with Gasteiger partial charge in [0.1, 0.15) is 0 Å². The number of halogens is 2. The van der Waals surface area contributed by atoms with Gasteiger partial charge in [-0.25, -0.2) is 4.79 Å². The summed E-state index contributed by atoms with van der Waals surface area (Å²) in [6, 6.07) is 7.44. The number of amides is 1. The number of rotatable bonds is 4. The molecule has 0 fully saturated rings. The summed E-state index contributed by atoms with van der Waals surface area (Å²) in [5, 5.41) is 24.6. The van der Waals surface area contributed by atoms with Gasteiger partial charge >= 0.3 is 5.97 Å². The summed E-state index contributed by atoms with van der Waals surface area (Å²) in [5.74, 6) is -1.41. The van der Waals surface area contributed by atoms with Crippen LogP contribution in [0.4, 0.5) is 5.69 Å². The number of benzene rings is 2. The van der Waals surface area contributed by atoms with Crippen molar-refractivity contribution >= 4 is 56.9 Å². The van der Waals surface area contributed by atoms with Crippen LogP contribution in [0, 0.1) is 0 Å². The maximum Gasteiger partial charge on any atom is 0.337 e. The van der Waals surface area contributed by atoms with Crippen LogP contribution < -0.4 is 9.75 Å². The number of methoxy groups -OCH3 is 1. The van der Waals surface area contributed by atoms with E-state index in [4.69, 9.17) is 16.3 Å². The molecule has 3 rings (SSSR count). The summed E-state index contributed by atoms with van der Waals surface area (Å²) in [5.41, 5.74) is 1.57. The number of carbonyl (C=O) groups is 2. The van der Waals surface area contributed by atoms with Crippen LogP contribution in [0.5, 0.6) is 11.5 Å². The van der Waals surface area contributed by atoms with Crippen molar-refractivity contribution in [3.8, 4) is 11.5 Å². The summed E-state index contributed by atoms with van der Waals surface area (Å²) in [6.07, 6.45) is 1.61. The number of anilines is 1. The first-order valence-corrected chi connectivity index (χ1v) is 9.11. The van der Waals surface area contributed by atoms with Crippen molar-refractivity contribution in [1.82, 2.24) is 0 Å². The monoisotopic (exact) mass is 464 g/mol. The van der Waals surface area contributed by atoms with Gasteiger partial charge < -0.3 is 14.9 Å². The maximum absolute atomic E-state index is 12.9. The summed E-state index contributed by atoms with van der Waals surface area (Å²) >= 11 is 9.13. The van der Waals surface area contributed by atoms with Gasteiger partial charge in [0, 0.05) is 0 Å². The number of hydrogen-bond acceptors (Lipinski definition) is 5. The molecule has 1 amide bonds. The van der Waals surface area contributed by atoms with Crippen LogP contribution in [0.15, 0.2) is 45.5 Å². The first kappa shape index (κ1) is 19.9. The zero-order valence-corrected chi connectivity index (χ0v) is 17.1. The Morgan fingerprint density at radius 3 is 2.68 bits per heavy atom. The highest BCUT2D eigenvalue weighted by molar-refractivity contribution is 9.10. The zero-order valence-electron chi connectivity index (χ0n) is 14.7. The van der Waals surface area contributed by atoms with Gasteiger partial charge in [-0.15, -0.1) is 0 Å². The highest BCUT2D eigenvalue weighted by atomic mass is 79.9. The normalized spacial score (nSPS) is 15.1. The minimum atomic E-state index is -1.20. The lowest BCUT2D eigenvalue weighted by Crippen LogP contribution is -2.21. The lowest BCUT2D eigenvalue weighted by atomic mass is 10.1. The van der Waals surface area contributed by atoms with Crippen LogP contribution in [-0.2, 0) is 4.79 Å².